The van der Waals surface area contributed by atoms with Gasteiger partial charge in [-0.2, -0.15) is 4.79 Å². The van der Waals surface area contributed by atoms with Crippen LogP contribution in [0.15, 0.2) is 94.7 Å². The van der Waals surface area contributed by atoms with Crippen LogP contribution in [0, 0.1) is 13.8 Å². The van der Waals surface area contributed by atoms with E-state index in [4.69, 9.17) is 15.0 Å². The van der Waals surface area contributed by atoms with Crippen molar-refractivity contribution in [3.8, 4) is 11.5 Å². The van der Waals surface area contributed by atoms with Gasteiger partial charge in [-0.25, -0.2) is 16.8 Å². The summed E-state index contributed by atoms with van der Waals surface area (Å²) in [6, 6.07) is 22.0. The van der Waals surface area contributed by atoms with E-state index in [0.717, 1.165) is 15.4 Å². The van der Waals surface area contributed by atoms with Gasteiger partial charge >= 0.3 is 6.21 Å². The summed E-state index contributed by atoms with van der Waals surface area (Å²) in [6.45, 7) is 3.55. The Labute approximate surface area is 266 Å². The molecule has 0 atom stereocenters. The number of aryl methyl sites for hydroxylation is 2. The molecule has 4 aromatic carbocycles. The van der Waals surface area contributed by atoms with Crippen LogP contribution in [0.2, 0.25) is 0 Å². The molecule has 1 N–H and O–H groups in total. The number of hydrogen-bond acceptors (Lipinski definition) is 8. The molecule has 0 saturated carbocycles. The highest BCUT2D eigenvalue weighted by Crippen LogP contribution is 2.35. The second-order valence-corrected chi connectivity index (χ2v) is 13.6. The first-order valence-electron chi connectivity index (χ1n) is 13.6. The molecule has 0 unspecified atom stereocenters. The first kappa shape index (κ1) is 33.6. The van der Waals surface area contributed by atoms with Crippen molar-refractivity contribution >= 4 is 49.2 Å². The molecule has 0 bridgehead atoms. The average molecular weight is 663 g/mol. The molecule has 1 heterocycles. The van der Waals surface area contributed by atoms with Crippen molar-refractivity contribution in [1.29, 1.82) is 0 Å². The van der Waals surface area contributed by atoms with Crippen LogP contribution >= 0.6 is 0 Å². The maximum atomic E-state index is 12.8. The summed E-state index contributed by atoms with van der Waals surface area (Å²) in [5.41, 5.74) is 11.3. The number of methoxy groups -OCH3 is 2. The van der Waals surface area contributed by atoms with E-state index in [0.29, 0.717) is 29.0 Å². The Morgan fingerprint density at radius 1 is 0.826 bits per heavy atom. The SMILES string of the molecule is COc1ccc(NS(=O)(=O)c2ccc(C)cc2)c(C(=O)C=[N+]=[N-])c1.COc1ccc2c(c1)C(=O)CN2S(=O)(=O)c1ccc(C)cc1. The van der Waals surface area contributed by atoms with Crippen molar-refractivity contribution < 1.29 is 40.7 Å². The third kappa shape index (κ3) is 7.32. The summed E-state index contributed by atoms with van der Waals surface area (Å²) < 4.78 is 64.1. The molecule has 0 aromatic heterocycles. The molecule has 238 valence electrons. The summed E-state index contributed by atoms with van der Waals surface area (Å²) in [4.78, 5) is 27.0. The topological polar surface area (TPSA) is 173 Å². The number of benzene rings is 4. The van der Waals surface area contributed by atoms with Gasteiger partial charge < -0.3 is 15.0 Å². The maximum Gasteiger partial charge on any atom is 0.328 e. The number of Topliss-reactive ketones (excluding diaryl/α,β-unsaturated/α-hetero) is 2. The third-order valence-corrected chi connectivity index (χ3v) is 10.1. The van der Waals surface area contributed by atoms with E-state index in [2.05, 4.69) is 9.51 Å². The van der Waals surface area contributed by atoms with Gasteiger partial charge in [-0.3, -0.25) is 18.6 Å². The fourth-order valence-electron chi connectivity index (χ4n) is 4.42. The fraction of sp³-hybridized carbons (Fsp3) is 0.156. The second-order valence-electron chi connectivity index (χ2n) is 10.1. The Hall–Kier alpha value is -5.30. The van der Waals surface area contributed by atoms with Gasteiger partial charge in [-0.1, -0.05) is 35.4 Å². The van der Waals surface area contributed by atoms with Crippen molar-refractivity contribution in [2.75, 3.05) is 29.8 Å². The minimum absolute atomic E-state index is 0.00263. The van der Waals surface area contributed by atoms with Crippen LogP contribution in [0.3, 0.4) is 0 Å². The summed E-state index contributed by atoms with van der Waals surface area (Å²) in [5, 5.41) is 0. The lowest BCUT2D eigenvalue weighted by Crippen LogP contribution is -2.30. The number of sulfonamides is 2. The highest BCUT2D eigenvalue weighted by molar-refractivity contribution is 7.93. The number of ketones is 2. The minimum Gasteiger partial charge on any atom is -0.497 e. The van der Waals surface area contributed by atoms with Gasteiger partial charge in [0, 0.05) is 5.56 Å². The lowest BCUT2D eigenvalue weighted by molar-refractivity contribution is 0.00235. The van der Waals surface area contributed by atoms with E-state index < -0.39 is 25.8 Å². The van der Waals surface area contributed by atoms with Crippen LogP contribution in [0.25, 0.3) is 5.53 Å². The molecule has 12 nitrogen and oxygen atoms in total. The van der Waals surface area contributed by atoms with Crippen LogP contribution in [-0.4, -0.2) is 60.2 Å². The van der Waals surface area contributed by atoms with E-state index >= 15 is 0 Å². The molecule has 46 heavy (non-hydrogen) atoms. The maximum absolute atomic E-state index is 12.8. The van der Waals surface area contributed by atoms with Gasteiger partial charge in [0.15, 0.2) is 5.78 Å². The number of nitrogens with zero attached hydrogens (tertiary/aromatic N) is 3. The second kappa shape index (κ2) is 13.8. The van der Waals surface area contributed by atoms with Crippen molar-refractivity contribution in [3.63, 3.8) is 0 Å². The third-order valence-electron chi connectivity index (χ3n) is 6.91. The van der Waals surface area contributed by atoms with E-state index in [9.17, 15) is 26.4 Å². The Morgan fingerprint density at radius 2 is 1.37 bits per heavy atom. The number of ether oxygens (including phenoxy) is 2. The number of carbonyl (C=O) groups is 2. The molecule has 0 aliphatic carbocycles. The largest absolute Gasteiger partial charge is 0.497 e. The molecule has 0 fully saturated rings. The molecule has 0 amide bonds. The monoisotopic (exact) mass is 662 g/mol. The Bertz CT molecular complexity index is 2060. The molecular formula is C32H30N4O8S2. The van der Waals surface area contributed by atoms with Crippen molar-refractivity contribution in [2.24, 2.45) is 0 Å². The lowest BCUT2D eigenvalue weighted by Gasteiger charge is -2.19. The molecule has 0 radical (unpaired) electrons. The first-order valence-corrected chi connectivity index (χ1v) is 16.5. The van der Waals surface area contributed by atoms with E-state index in [1.165, 1.54) is 44.6 Å². The fourth-order valence-corrected chi connectivity index (χ4v) is 6.94. The van der Waals surface area contributed by atoms with Gasteiger partial charge in [0.25, 0.3) is 25.8 Å². The smallest absolute Gasteiger partial charge is 0.328 e. The van der Waals surface area contributed by atoms with Gasteiger partial charge in [0.2, 0.25) is 0 Å². The van der Waals surface area contributed by atoms with Crippen LogP contribution in [-0.2, 0) is 20.0 Å². The zero-order valence-corrected chi connectivity index (χ0v) is 26.9. The van der Waals surface area contributed by atoms with Crippen molar-refractivity contribution in [1.82, 2.24) is 0 Å². The number of carbonyl (C=O) groups excluding carboxylic acids is 2. The molecular weight excluding hydrogens is 633 g/mol. The van der Waals surface area contributed by atoms with Crippen molar-refractivity contribution in [2.45, 2.75) is 23.6 Å². The molecule has 5 rings (SSSR count). The van der Waals surface area contributed by atoms with Crippen LogP contribution in [0.1, 0.15) is 31.8 Å². The highest BCUT2D eigenvalue weighted by Gasteiger charge is 2.36. The Balaban J connectivity index is 0.000000209. The molecule has 14 heteroatoms. The number of fused-ring (bicyclic) bond motifs is 1. The molecule has 0 saturated heterocycles. The summed E-state index contributed by atoms with van der Waals surface area (Å²) >= 11 is 0. The number of rotatable bonds is 9. The summed E-state index contributed by atoms with van der Waals surface area (Å²) in [5.74, 6) is -0.00718. The molecule has 1 aliphatic rings. The normalized spacial score (nSPS) is 12.3. The quantitative estimate of drug-likeness (QED) is 0.116. The average Bonchev–Trinajstić information content (AvgIpc) is 3.38. The van der Waals surface area contributed by atoms with E-state index in [1.807, 2.05) is 13.8 Å². The Morgan fingerprint density at radius 3 is 1.93 bits per heavy atom. The predicted octanol–water partition coefficient (Wildman–Crippen LogP) is 4.68. The van der Waals surface area contributed by atoms with Gasteiger partial charge in [-0.15, -0.1) is 0 Å². The molecule has 4 aromatic rings. The van der Waals surface area contributed by atoms with Gasteiger partial charge in [0.1, 0.15) is 11.5 Å². The zero-order chi connectivity index (χ0) is 33.6. The van der Waals surface area contributed by atoms with Crippen LogP contribution in [0.4, 0.5) is 11.4 Å². The van der Waals surface area contributed by atoms with Crippen molar-refractivity contribution in [3.05, 3.63) is 113 Å². The molecule has 1 aliphatic heterocycles. The number of hydrogen-bond donors (Lipinski definition) is 1. The van der Waals surface area contributed by atoms with Gasteiger partial charge in [-0.05, 0) is 74.5 Å². The molecule has 0 spiro atoms. The van der Waals surface area contributed by atoms with E-state index in [-0.39, 0.29) is 33.4 Å². The van der Waals surface area contributed by atoms with E-state index in [1.54, 1.807) is 54.6 Å². The minimum atomic E-state index is -3.87. The van der Waals surface area contributed by atoms with Crippen LogP contribution < -0.4 is 18.5 Å². The lowest BCUT2D eigenvalue weighted by atomic mass is 10.1. The zero-order valence-electron chi connectivity index (χ0n) is 25.3. The van der Waals surface area contributed by atoms with Crippen LogP contribution in [0.5, 0.6) is 11.5 Å². The highest BCUT2D eigenvalue weighted by atomic mass is 32.2. The predicted molar refractivity (Wildman–Crippen MR) is 172 cm³/mol. The first-order chi connectivity index (χ1) is 21.8. The summed E-state index contributed by atoms with van der Waals surface area (Å²) in [7, 11) is -4.70. The standard InChI is InChI=1S/C16H15N3O4S.C16H15NO4S/c1-11-3-6-13(7-4-11)24(21,22)19-15-8-5-12(23-2)9-14(15)16(20)10-18-17;1-11-3-6-13(7-4-11)22(19,20)17-10-16(18)14-9-12(21-2)5-8-15(14)17/h3-10,19H,1-2H3;3-9H,10H2,1-2H3. The summed E-state index contributed by atoms with van der Waals surface area (Å²) in [6.07, 6.45) is 0.679. The Kier molecular flexibility index (Phi) is 10.1. The number of anilines is 2. The number of nitrogens with one attached hydrogen (secondary N) is 1. The van der Waals surface area contributed by atoms with Gasteiger partial charge in [0.05, 0.1) is 47.5 Å².